The Morgan fingerprint density at radius 3 is 3.00 bits per heavy atom. The van der Waals surface area contributed by atoms with E-state index in [1.807, 2.05) is 0 Å². The minimum Gasteiger partial charge on any atom is -0.387 e. The van der Waals surface area contributed by atoms with Crippen molar-refractivity contribution < 1.29 is 9.84 Å². The van der Waals surface area contributed by atoms with Crippen LogP contribution in [0.5, 0.6) is 0 Å². The molecule has 1 aliphatic rings. The zero-order valence-electron chi connectivity index (χ0n) is 11.8. The Balaban J connectivity index is 1.90. The van der Waals surface area contributed by atoms with E-state index in [4.69, 9.17) is 10.5 Å². The first kappa shape index (κ1) is 14.6. The Labute approximate surface area is 128 Å². The highest BCUT2D eigenvalue weighted by Crippen LogP contribution is 2.36. The quantitative estimate of drug-likeness (QED) is 0.733. The van der Waals surface area contributed by atoms with Gasteiger partial charge in [-0.1, -0.05) is 19.8 Å². The number of thiol groups is 1. The number of anilines is 1. The Bertz CT molecular complexity index is 634. The largest absolute Gasteiger partial charge is 0.387 e. The van der Waals surface area contributed by atoms with Gasteiger partial charge in [0, 0.05) is 0 Å². The first-order valence-corrected chi connectivity index (χ1v) is 7.59. The second-order valence-corrected chi connectivity index (χ2v) is 5.87. The van der Waals surface area contributed by atoms with Gasteiger partial charge in [0.2, 0.25) is 0 Å². The van der Waals surface area contributed by atoms with Gasteiger partial charge in [0.05, 0.1) is 17.7 Å². The van der Waals surface area contributed by atoms with Crippen molar-refractivity contribution in [3.8, 4) is 0 Å². The molecule has 0 aliphatic carbocycles. The molecule has 114 valence electrons. The van der Waals surface area contributed by atoms with Gasteiger partial charge in [-0.15, -0.1) is 0 Å². The van der Waals surface area contributed by atoms with Crippen LogP contribution >= 0.6 is 12.6 Å². The van der Waals surface area contributed by atoms with Crippen molar-refractivity contribution in [2.45, 2.75) is 49.9 Å². The van der Waals surface area contributed by atoms with Crippen LogP contribution in [0.25, 0.3) is 11.2 Å². The van der Waals surface area contributed by atoms with Gasteiger partial charge < -0.3 is 15.6 Å². The summed E-state index contributed by atoms with van der Waals surface area (Å²) in [5.74, 6) is 0.316. The van der Waals surface area contributed by atoms with E-state index in [1.165, 1.54) is 6.33 Å². The molecular formula is C13H19N5O2S. The Morgan fingerprint density at radius 2 is 2.24 bits per heavy atom. The number of nitrogens with zero attached hydrogens (tertiary/aromatic N) is 4. The highest BCUT2D eigenvalue weighted by atomic mass is 32.1. The van der Waals surface area contributed by atoms with Crippen molar-refractivity contribution in [1.82, 2.24) is 19.5 Å². The second kappa shape index (κ2) is 5.78. The average molecular weight is 309 g/mol. The van der Waals surface area contributed by atoms with Gasteiger partial charge in [0.15, 0.2) is 17.7 Å². The highest BCUT2D eigenvalue weighted by Gasteiger charge is 2.42. The standard InChI is InChI=1S/C13H19N5O2S/c1-2-3-4-7-10(21)9(19)13(20-7)18-6-17-8-11(14)15-5-16-12(8)18/h5-7,9-10,13,19,21H,2-4H2,1H3,(H2,14,15,16)/t7-,9-,10-,13-/m1/s1. The monoisotopic (exact) mass is 309 g/mol. The summed E-state index contributed by atoms with van der Waals surface area (Å²) in [6.45, 7) is 2.12. The summed E-state index contributed by atoms with van der Waals surface area (Å²) in [4.78, 5) is 12.3. The maximum Gasteiger partial charge on any atom is 0.167 e. The smallest absolute Gasteiger partial charge is 0.167 e. The van der Waals surface area contributed by atoms with E-state index in [1.54, 1.807) is 10.9 Å². The molecule has 1 saturated heterocycles. The van der Waals surface area contributed by atoms with Crippen molar-refractivity contribution >= 4 is 29.6 Å². The van der Waals surface area contributed by atoms with Gasteiger partial charge in [0.25, 0.3) is 0 Å². The SMILES string of the molecule is CCCC[C@H]1O[C@@H](n2cnc3c(N)ncnc32)[C@H](O)[C@@H]1S. The maximum absolute atomic E-state index is 10.4. The van der Waals surface area contributed by atoms with Gasteiger partial charge in [-0.3, -0.25) is 4.57 Å². The van der Waals surface area contributed by atoms with E-state index in [0.29, 0.717) is 17.0 Å². The minimum absolute atomic E-state index is 0.0788. The van der Waals surface area contributed by atoms with Crippen LogP contribution in [0.15, 0.2) is 12.7 Å². The number of fused-ring (bicyclic) bond motifs is 1. The molecule has 0 spiro atoms. The third-order valence-electron chi connectivity index (χ3n) is 3.84. The maximum atomic E-state index is 10.4. The summed E-state index contributed by atoms with van der Waals surface area (Å²) in [5.41, 5.74) is 6.85. The molecule has 0 amide bonds. The van der Waals surface area contributed by atoms with Gasteiger partial charge in [-0.25, -0.2) is 15.0 Å². The van der Waals surface area contributed by atoms with Gasteiger partial charge in [0.1, 0.15) is 17.9 Å². The fourth-order valence-electron chi connectivity index (χ4n) is 2.66. The number of aliphatic hydroxyl groups excluding tert-OH is 1. The number of unbranched alkanes of at least 4 members (excludes halogenated alkanes) is 1. The van der Waals surface area contributed by atoms with E-state index in [9.17, 15) is 5.11 Å². The van der Waals surface area contributed by atoms with Crippen molar-refractivity contribution in [2.24, 2.45) is 0 Å². The van der Waals surface area contributed by atoms with Crippen LogP contribution in [-0.4, -0.2) is 42.1 Å². The lowest BCUT2D eigenvalue weighted by Crippen LogP contribution is -2.27. The zero-order chi connectivity index (χ0) is 15.0. The van der Waals surface area contributed by atoms with E-state index in [-0.39, 0.29) is 11.4 Å². The Hall–Kier alpha value is -1.38. The molecule has 1 fully saturated rings. The van der Waals surface area contributed by atoms with Crippen LogP contribution in [0.4, 0.5) is 5.82 Å². The first-order valence-electron chi connectivity index (χ1n) is 7.08. The molecule has 2 aromatic heterocycles. The van der Waals surface area contributed by atoms with Crippen LogP contribution in [0, 0.1) is 0 Å². The zero-order valence-corrected chi connectivity index (χ0v) is 12.6. The molecule has 0 unspecified atom stereocenters. The molecule has 1 aliphatic heterocycles. The number of ether oxygens (including phenoxy) is 1. The number of nitrogen functional groups attached to an aromatic ring is 1. The van der Waals surface area contributed by atoms with E-state index < -0.39 is 12.3 Å². The van der Waals surface area contributed by atoms with Crippen LogP contribution < -0.4 is 5.73 Å². The average Bonchev–Trinajstić information content (AvgIpc) is 3.02. The van der Waals surface area contributed by atoms with Crippen LogP contribution in [-0.2, 0) is 4.74 Å². The number of rotatable bonds is 4. The molecule has 8 heteroatoms. The third kappa shape index (κ3) is 2.47. The Morgan fingerprint density at radius 1 is 1.43 bits per heavy atom. The van der Waals surface area contributed by atoms with Crippen molar-refractivity contribution in [3.05, 3.63) is 12.7 Å². The summed E-state index contributed by atoms with van der Waals surface area (Å²) in [6, 6.07) is 0. The molecule has 3 N–H and O–H groups in total. The van der Waals surface area contributed by atoms with Gasteiger partial charge in [-0.05, 0) is 6.42 Å². The molecule has 0 bridgehead atoms. The predicted octanol–water partition coefficient (Wildman–Crippen LogP) is 1.16. The summed E-state index contributed by atoms with van der Waals surface area (Å²) in [5, 5.41) is 10.2. The molecule has 3 heterocycles. The second-order valence-electron chi connectivity index (χ2n) is 5.27. The lowest BCUT2D eigenvalue weighted by molar-refractivity contribution is -0.0372. The lowest BCUT2D eigenvalue weighted by atomic mass is 10.1. The fraction of sp³-hybridized carbons (Fsp3) is 0.615. The lowest BCUT2D eigenvalue weighted by Gasteiger charge is -2.16. The normalized spacial score (nSPS) is 29.3. The summed E-state index contributed by atoms with van der Waals surface area (Å²) in [7, 11) is 0. The Kier molecular flexibility index (Phi) is 4.01. The molecule has 3 rings (SSSR count). The summed E-state index contributed by atoms with van der Waals surface area (Å²) < 4.78 is 7.68. The van der Waals surface area contributed by atoms with E-state index in [2.05, 4.69) is 34.5 Å². The minimum atomic E-state index is -0.719. The predicted molar refractivity (Wildman–Crippen MR) is 82.0 cm³/mol. The third-order valence-corrected chi connectivity index (χ3v) is 4.48. The summed E-state index contributed by atoms with van der Waals surface area (Å²) >= 11 is 4.49. The molecule has 0 aromatic carbocycles. The van der Waals surface area contributed by atoms with Crippen molar-refractivity contribution in [3.63, 3.8) is 0 Å². The first-order chi connectivity index (χ1) is 10.1. The molecule has 4 atom stereocenters. The fourth-order valence-corrected chi connectivity index (χ4v) is 3.03. The van der Waals surface area contributed by atoms with Crippen LogP contribution in [0.1, 0.15) is 32.4 Å². The number of nitrogens with two attached hydrogens (primary N) is 1. The van der Waals surface area contributed by atoms with Gasteiger partial charge >= 0.3 is 0 Å². The highest BCUT2D eigenvalue weighted by molar-refractivity contribution is 7.81. The molecule has 21 heavy (non-hydrogen) atoms. The van der Waals surface area contributed by atoms with Crippen LogP contribution in [0.3, 0.4) is 0 Å². The molecule has 2 aromatic rings. The van der Waals surface area contributed by atoms with Crippen molar-refractivity contribution in [1.29, 1.82) is 0 Å². The molecule has 7 nitrogen and oxygen atoms in total. The number of aliphatic hydroxyl groups is 1. The van der Waals surface area contributed by atoms with Crippen LogP contribution in [0.2, 0.25) is 0 Å². The van der Waals surface area contributed by atoms with Gasteiger partial charge in [-0.2, -0.15) is 12.6 Å². The van der Waals surface area contributed by atoms with Crippen molar-refractivity contribution in [2.75, 3.05) is 5.73 Å². The number of hydrogen-bond acceptors (Lipinski definition) is 7. The number of aromatic nitrogens is 4. The number of imidazole rings is 1. The van der Waals surface area contributed by atoms with E-state index >= 15 is 0 Å². The topological polar surface area (TPSA) is 99.1 Å². The summed E-state index contributed by atoms with van der Waals surface area (Å²) in [6.07, 6.45) is 4.61. The van der Waals surface area contributed by atoms with E-state index in [0.717, 1.165) is 19.3 Å². The molecular weight excluding hydrogens is 290 g/mol. The number of hydrogen-bond donors (Lipinski definition) is 3. The molecule has 0 radical (unpaired) electrons. The molecule has 0 saturated carbocycles.